The zero-order valence-corrected chi connectivity index (χ0v) is 13.6. The fourth-order valence-electron chi connectivity index (χ4n) is 2.73. The molecule has 1 N–H and O–H groups in total. The first-order valence-electron chi connectivity index (χ1n) is 7.98. The van der Waals surface area contributed by atoms with E-state index in [1.54, 1.807) is 14.2 Å². The van der Waals surface area contributed by atoms with Crippen molar-refractivity contribution >= 4 is 6.03 Å². The third-order valence-electron chi connectivity index (χ3n) is 4.07. The lowest BCUT2D eigenvalue weighted by Crippen LogP contribution is -2.41. The summed E-state index contributed by atoms with van der Waals surface area (Å²) in [6.07, 6.45) is 5.92. The van der Waals surface area contributed by atoms with Crippen molar-refractivity contribution in [2.75, 3.05) is 27.3 Å². The molecular formula is C17H26N2O3. The molecule has 0 aliphatic carbocycles. The number of likely N-dealkylation sites (tertiary alicyclic amines) is 1. The molecule has 0 atom stereocenters. The predicted octanol–water partition coefficient (Wildman–Crippen LogP) is 3.18. The number of rotatable bonds is 4. The largest absolute Gasteiger partial charge is 0.497 e. The average Bonchev–Trinajstić information content (AvgIpc) is 2.52. The first-order valence-corrected chi connectivity index (χ1v) is 7.98. The molecule has 1 heterocycles. The molecule has 0 spiro atoms. The van der Waals surface area contributed by atoms with Crippen molar-refractivity contribution in [2.24, 2.45) is 0 Å². The molecular weight excluding hydrogens is 280 g/mol. The van der Waals surface area contributed by atoms with E-state index in [2.05, 4.69) is 5.32 Å². The minimum absolute atomic E-state index is 0.0137. The van der Waals surface area contributed by atoms with E-state index < -0.39 is 0 Å². The minimum Gasteiger partial charge on any atom is -0.497 e. The molecule has 0 radical (unpaired) electrons. The molecule has 2 rings (SSSR count). The molecule has 1 aliphatic heterocycles. The highest BCUT2D eigenvalue weighted by atomic mass is 16.5. The Bertz CT molecular complexity index is 483. The molecule has 1 aromatic carbocycles. The molecule has 2 amide bonds. The first kappa shape index (κ1) is 16.5. The highest BCUT2D eigenvalue weighted by Crippen LogP contribution is 2.24. The van der Waals surface area contributed by atoms with E-state index in [9.17, 15) is 4.79 Å². The monoisotopic (exact) mass is 306 g/mol. The molecule has 1 fully saturated rings. The van der Waals surface area contributed by atoms with E-state index in [0.29, 0.717) is 6.54 Å². The first-order chi connectivity index (χ1) is 10.7. The third kappa shape index (κ3) is 4.55. The van der Waals surface area contributed by atoms with Gasteiger partial charge in [-0.05, 0) is 25.0 Å². The Labute approximate surface area is 132 Å². The second-order valence-electron chi connectivity index (χ2n) is 5.59. The lowest BCUT2D eigenvalue weighted by Gasteiger charge is -2.25. The molecule has 1 saturated heterocycles. The van der Waals surface area contributed by atoms with Gasteiger partial charge in [-0.1, -0.05) is 19.3 Å². The lowest BCUT2D eigenvalue weighted by atomic mass is 10.1. The predicted molar refractivity (Wildman–Crippen MR) is 86.4 cm³/mol. The molecule has 5 nitrogen and oxygen atoms in total. The number of benzene rings is 1. The van der Waals surface area contributed by atoms with E-state index in [-0.39, 0.29) is 6.03 Å². The van der Waals surface area contributed by atoms with Crippen LogP contribution in [0.2, 0.25) is 0 Å². The average molecular weight is 306 g/mol. The van der Waals surface area contributed by atoms with Crippen molar-refractivity contribution in [3.05, 3.63) is 23.8 Å². The normalized spacial score (nSPS) is 15.6. The van der Waals surface area contributed by atoms with Crippen molar-refractivity contribution in [1.82, 2.24) is 10.2 Å². The van der Waals surface area contributed by atoms with Gasteiger partial charge in [-0.15, -0.1) is 0 Å². The Hall–Kier alpha value is -1.91. The quantitative estimate of drug-likeness (QED) is 0.929. The van der Waals surface area contributed by atoms with Gasteiger partial charge in [0.05, 0.1) is 14.2 Å². The number of amides is 2. The van der Waals surface area contributed by atoms with Gasteiger partial charge in [-0.2, -0.15) is 0 Å². The summed E-state index contributed by atoms with van der Waals surface area (Å²) in [5, 5.41) is 3.00. The van der Waals surface area contributed by atoms with Gasteiger partial charge >= 0.3 is 6.03 Å². The topological polar surface area (TPSA) is 50.8 Å². The van der Waals surface area contributed by atoms with E-state index in [0.717, 1.165) is 43.0 Å². The van der Waals surface area contributed by atoms with E-state index >= 15 is 0 Å². The Morgan fingerprint density at radius 1 is 1.09 bits per heavy atom. The molecule has 0 unspecified atom stereocenters. The number of hydrogen-bond donors (Lipinski definition) is 1. The van der Waals surface area contributed by atoms with Crippen LogP contribution in [0.5, 0.6) is 11.5 Å². The van der Waals surface area contributed by atoms with Crippen LogP contribution in [-0.4, -0.2) is 38.2 Å². The summed E-state index contributed by atoms with van der Waals surface area (Å²) >= 11 is 0. The smallest absolute Gasteiger partial charge is 0.317 e. The van der Waals surface area contributed by atoms with Gasteiger partial charge in [0.1, 0.15) is 11.5 Å². The number of ether oxygens (including phenoxy) is 2. The number of carbonyl (C=O) groups excluding carboxylic acids is 1. The zero-order valence-electron chi connectivity index (χ0n) is 13.6. The van der Waals surface area contributed by atoms with Gasteiger partial charge in [-0.25, -0.2) is 4.79 Å². The van der Waals surface area contributed by atoms with E-state index in [1.807, 2.05) is 23.1 Å². The molecule has 0 bridgehead atoms. The van der Waals surface area contributed by atoms with Crippen LogP contribution in [0.4, 0.5) is 4.79 Å². The second-order valence-corrected chi connectivity index (χ2v) is 5.59. The summed E-state index contributed by atoms with van der Waals surface area (Å²) < 4.78 is 10.5. The molecule has 0 saturated carbocycles. The van der Waals surface area contributed by atoms with Crippen LogP contribution in [-0.2, 0) is 6.54 Å². The number of urea groups is 1. The minimum atomic E-state index is 0.0137. The van der Waals surface area contributed by atoms with Gasteiger partial charge in [0.15, 0.2) is 0 Å². The Balaban J connectivity index is 1.92. The highest BCUT2D eigenvalue weighted by Gasteiger charge is 2.15. The Kier molecular flexibility index (Phi) is 6.37. The standard InChI is InChI=1S/C17H26N2O3/c1-21-15-9-8-14(16(12-15)22-2)13-18-17(20)19-10-6-4-3-5-7-11-19/h8-9,12H,3-7,10-11,13H2,1-2H3,(H,18,20). The number of carbonyl (C=O) groups is 1. The fraction of sp³-hybridized carbons (Fsp3) is 0.588. The molecule has 0 aromatic heterocycles. The molecule has 1 aromatic rings. The van der Waals surface area contributed by atoms with Gasteiger partial charge < -0.3 is 19.7 Å². The van der Waals surface area contributed by atoms with Crippen LogP contribution >= 0.6 is 0 Å². The summed E-state index contributed by atoms with van der Waals surface area (Å²) in [4.78, 5) is 14.2. The number of nitrogens with one attached hydrogen (secondary N) is 1. The van der Waals surface area contributed by atoms with E-state index in [4.69, 9.17) is 9.47 Å². The SMILES string of the molecule is COc1ccc(CNC(=O)N2CCCCCCC2)c(OC)c1. The highest BCUT2D eigenvalue weighted by molar-refractivity contribution is 5.74. The number of hydrogen-bond acceptors (Lipinski definition) is 3. The van der Waals surface area contributed by atoms with Crippen LogP contribution < -0.4 is 14.8 Å². The maximum Gasteiger partial charge on any atom is 0.317 e. The van der Waals surface area contributed by atoms with Gasteiger partial charge in [0, 0.05) is 31.3 Å². The molecule has 22 heavy (non-hydrogen) atoms. The summed E-state index contributed by atoms with van der Waals surface area (Å²) in [5.74, 6) is 1.48. The van der Waals surface area contributed by atoms with Crippen LogP contribution in [0.1, 0.15) is 37.7 Å². The Morgan fingerprint density at radius 2 is 1.77 bits per heavy atom. The number of methoxy groups -OCH3 is 2. The van der Waals surface area contributed by atoms with Gasteiger partial charge in [0.25, 0.3) is 0 Å². The summed E-state index contributed by atoms with van der Waals surface area (Å²) in [7, 11) is 3.25. The van der Waals surface area contributed by atoms with Crippen LogP contribution in [0.15, 0.2) is 18.2 Å². The van der Waals surface area contributed by atoms with Gasteiger partial charge in [-0.3, -0.25) is 0 Å². The maximum atomic E-state index is 12.3. The van der Waals surface area contributed by atoms with E-state index in [1.165, 1.54) is 19.3 Å². The zero-order chi connectivity index (χ0) is 15.8. The molecule has 122 valence electrons. The second kappa shape index (κ2) is 8.51. The Morgan fingerprint density at radius 3 is 2.41 bits per heavy atom. The lowest BCUT2D eigenvalue weighted by molar-refractivity contribution is 0.191. The van der Waals surface area contributed by atoms with Crippen molar-refractivity contribution < 1.29 is 14.3 Å². The number of nitrogens with zero attached hydrogens (tertiary/aromatic N) is 1. The summed E-state index contributed by atoms with van der Waals surface area (Å²) in [5.41, 5.74) is 0.948. The summed E-state index contributed by atoms with van der Waals surface area (Å²) in [6.45, 7) is 2.17. The maximum absolute atomic E-state index is 12.3. The molecule has 5 heteroatoms. The molecule has 1 aliphatic rings. The van der Waals surface area contributed by atoms with Crippen molar-refractivity contribution in [3.8, 4) is 11.5 Å². The van der Waals surface area contributed by atoms with Crippen molar-refractivity contribution in [2.45, 2.75) is 38.6 Å². The van der Waals surface area contributed by atoms with Gasteiger partial charge in [0.2, 0.25) is 0 Å². The third-order valence-corrected chi connectivity index (χ3v) is 4.07. The van der Waals surface area contributed by atoms with Crippen molar-refractivity contribution in [3.63, 3.8) is 0 Å². The van der Waals surface area contributed by atoms with Crippen LogP contribution in [0, 0.1) is 0 Å². The van der Waals surface area contributed by atoms with Crippen molar-refractivity contribution in [1.29, 1.82) is 0 Å². The summed E-state index contributed by atoms with van der Waals surface area (Å²) in [6, 6.07) is 5.64. The van der Waals surface area contributed by atoms with Crippen LogP contribution in [0.3, 0.4) is 0 Å². The fourth-order valence-corrected chi connectivity index (χ4v) is 2.73. The van der Waals surface area contributed by atoms with Crippen LogP contribution in [0.25, 0.3) is 0 Å².